The minimum absolute atomic E-state index is 0.261. The van der Waals surface area contributed by atoms with E-state index in [1.165, 1.54) is 6.92 Å². The van der Waals surface area contributed by atoms with E-state index in [0.717, 1.165) is 6.26 Å². The van der Waals surface area contributed by atoms with Gasteiger partial charge < -0.3 is 9.47 Å². The van der Waals surface area contributed by atoms with Crippen molar-refractivity contribution < 1.29 is 22.7 Å². The molecule has 1 aliphatic heterocycles. The van der Waals surface area contributed by atoms with Gasteiger partial charge >= 0.3 is 0 Å². The Kier molecular flexibility index (Phi) is 4.04. The molecule has 0 N–H and O–H groups in total. The first-order chi connectivity index (χ1) is 9.29. The van der Waals surface area contributed by atoms with Crippen LogP contribution in [0.2, 0.25) is 0 Å². The molecule has 0 saturated carbocycles. The molecule has 20 heavy (non-hydrogen) atoms. The fraction of sp³-hybridized carbons (Fsp3) is 0.500. The van der Waals surface area contributed by atoms with E-state index in [2.05, 4.69) is 0 Å². The van der Waals surface area contributed by atoms with Crippen molar-refractivity contribution in [3.63, 3.8) is 0 Å². The Hall–Kier alpha value is -1.56. The maximum atomic E-state index is 12.2. The summed E-state index contributed by atoms with van der Waals surface area (Å²) in [7, 11) is -3.41. The zero-order valence-corrected chi connectivity index (χ0v) is 12.6. The summed E-state index contributed by atoms with van der Waals surface area (Å²) in [5, 5.41) is -1.06. The predicted octanol–water partition coefficient (Wildman–Crippen LogP) is 1.71. The standard InChI is InChI=1S/C14H18O5S/c1-9-7-18-12-5-4-11(6-13(12)19-8-9)14(15)10(2)20(3,16)17/h4-6,9-10H,7-8H2,1-3H3. The summed E-state index contributed by atoms with van der Waals surface area (Å²) >= 11 is 0. The van der Waals surface area contributed by atoms with Gasteiger partial charge in [-0.05, 0) is 25.1 Å². The van der Waals surface area contributed by atoms with E-state index in [-0.39, 0.29) is 5.92 Å². The van der Waals surface area contributed by atoms with Gasteiger partial charge in [-0.1, -0.05) is 6.92 Å². The highest BCUT2D eigenvalue weighted by Crippen LogP contribution is 2.31. The number of rotatable bonds is 3. The highest BCUT2D eigenvalue weighted by atomic mass is 32.2. The number of carbonyl (C=O) groups excluding carboxylic acids is 1. The minimum Gasteiger partial charge on any atom is -0.489 e. The summed E-state index contributed by atoms with van der Waals surface area (Å²) in [5.74, 6) is 0.895. The van der Waals surface area contributed by atoms with Crippen LogP contribution in [-0.2, 0) is 9.84 Å². The van der Waals surface area contributed by atoms with Crippen LogP contribution in [-0.4, -0.2) is 38.9 Å². The van der Waals surface area contributed by atoms with Gasteiger partial charge in [0.25, 0.3) is 0 Å². The second kappa shape index (κ2) is 5.44. The summed E-state index contributed by atoms with van der Waals surface area (Å²) < 4.78 is 34.1. The van der Waals surface area contributed by atoms with Gasteiger partial charge in [-0.25, -0.2) is 8.42 Å². The summed E-state index contributed by atoms with van der Waals surface area (Å²) in [6, 6.07) is 4.77. The van der Waals surface area contributed by atoms with E-state index in [1.54, 1.807) is 18.2 Å². The van der Waals surface area contributed by atoms with Crippen LogP contribution in [0.5, 0.6) is 11.5 Å². The second-order valence-corrected chi connectivity index (χ2v) is 7.59. The molecule has 5 nitrogen and oxygen atoms in total. The number of ketones is 1. The van der Waals surface area contributed by atoms with Gasteiger partial charge in [-0.3, -0.25) is 4.79 Å². The summed E-state index contributed by atoms with van der Waals surface area (Å²) in [5.41, 5.74) is 0.319. The molecule has 2 rings (SSSR count). The van der Waals surface area contributed by atoms with E-state index in [0.29, 0.717) is 30.3 Å². The lowest BCUT2D eigenvalue weighted by molar-refractivity contribution is 0.0991. The van der Waals surface area contributed by atoms with Gasteiger partial charge in [-0.15, -0.1) is 0 Å². The van der Waals surface area contributed by atoms with Gasteiger partial charge in [-0.2, -0.15) is 0 Å². The smallest absolute Gasteiger partial charge is 0.180 e. The molecule has 1 aromatic rings. The third-order valence-corrected chi connectivity index (χ3v) is 4.78. The Balaban J connectivity index is 2.30. The van der Waals surface area contributed by atoms with Crippen LogP contribution in [0.4, 0.5) is 0 Å². The van der Waals surface area contributed by atoms with Crippen molar-refractivity contribution in [1.82, 2.24) is 0 Å². The highest BCUT2D eigenvalue weighted by molar-refractivity contribution is 7.92. The van der Waals surface area contributed by atoms with Crippen molar-refractivity contribution in [2.24, 2.45) is 5.92 Å². The van der Waals surface area contributed by atoms with Gasteiger partial charge in [0.2, 0.25) is 0 Å². The lowest BCUT2D eigenvalue weighted by atomic mass is 10.1. The summed E-state index contributed by atoms with van der Waals surface area (Å²) in [6.45, 7) is 4.46. The third kappa shape index (κ3) is 3.12. The molecule has 1 heterocycles. The van der Waals surface area contributed by atoms with E-state index in [1.807, 2.05) is 6.92 Å². The van der Waals surface area contributed by atoms with E-state index < -0.39 is 20.9 Å². The monoisotopic (exact) mass is 298 g/mol. The van der Waals surface area contributed by atoms with Crippen LogP contribution >= 0.6 is 0 Å². The molecule has 2 unspecified atom stereocenters. The van der Waals surface area contributed by atoms with Gasteiger partial charge in [0.15, 0.2) is 27.1 Å². The predicted molar refractivity (Wildman–Crippen MR) is 75.2 cm³/mol. The summed E-state index contributed by atoms with van der Waals surface area (Å²) in [4.78, 5) is 12.2. The van der Waals surface area contributed by atoms with Crippen LogP contribution in [0.15, 0.2) is 18.2 Å². The second-order valence-electron chi connectivity index (χ2n) is 5.22. The van der Waals surface area contributed by atoms with Crippen molar-refractivity contribution in [2.45, 2.75) is 19.1 Å². The third-order valence-electron chi connectivity index (χ3n) is 3.29. The lowest BCUT2D eigenvalue weighted by Crippen LogP contribution is -2.26. The normalized spacial score (nSPS) is 20.1. The largest absolute Gasteiger partial charge is 0.489 e. The molecule has 0 radical (unpaired) electrons. The van der Waals surface area contributed by atoms with E-state index >= 15 is 0 Å². The van der Waals surface area contributed by atoms with Crippen molar-refractivity contribution in [2.75, 3.05) is 19.5 Å². The Morgan fingerprint density at radius 1 is 1.25 bits per heavy atom. The Bertz CT molecular complexity index is 620. The Labute approximate surface area is 118 Å². The number of fused-ring (bicyclic) bond motifs is 1. The molecule has 0 spiro atoms. The molecular weight excluding hydrogens is 280 g/mol. The lowest BCUT2D eigenvalue weighted by Gasteiger charge is -2.11. The molecule has 2 atom stereocenters. The van der Waals surface area contributed by atoms with Crippen molar-refractivity contribution in [3.05, 3.63) is 23.8 Å². The highest BCUT2D eigenvalue weighted by Gasteiger charge is 2.26. The molecule has 0 aliphatic carbocycles. The minimum atomic E-state index is -3.41. The fourth-order valence-electron chi connectivity index (χ4n) is 1.83. The number of ether oxygens (including phenoxy) is 2. The van der Waals surface area contributed by atoms with Crippen molar-refractivity contribution in [3.8, 4) is 11.5 Å². The molecule has 1 aliphatic rings. The van der Waals surface area contributed by atoms with Gasteiger partial charge in [0.05, 0.1) is 13.2 Å². The number of hydrogen-bond donors (Lipinski definition) is 0. The summed E-state index contributed by atoms with van der Waals surface area (Å²) in [6.07, 6.45) is 1.06. The van der Waals surface area contributed by atoms with Crippen LogP contribution in [0, 0.1) is 5.92 Å². The first-order valence-electron chi connectivity index (χ1n) is 6.41. The maximum absolute atomic E-state index is 12.2. The molecule has 110 valence electrons. The van der Waals surface area contributed by atoms with Gasteiger partial charge in [0.1, 0.15) is 5.25 Å². The van der Waals surface area contributed by atoms with Crippen LogP contribution in [0.3, 0.4) is 0 Å². The van der Waals surface area contributed by atoms with Crippen molar-refractivity contribution in [1.29, 1.82) is 0 Å². The Morgan fingerprint density at radius 3 is 2.45 bits per heavy atom. The molecule has 6 heteroatoms. The number of Topliss-reactive ketones (excluding diaryl/α,β-unsaturated/α-hetero) is 1. The number of carbonyl (C=O) groups is 1. The van der Waals surface area contributed by atoms with Gasteiger partial charge in [0, 0.05) is 17.7 Å². The molecule has 0 saturated heterocycles. The molecule has 0 bridgehead atoms. The quantitative estimate of drug-likeness (QED) is 0.795. The maximum Gasteiger partial charge on any atom is 0.180 e. The van der Waals surface area contributed by atoms with E-state index in [9.17, 15) is 13.2 Å². The molecular formula is C14H18O5S. The van der Waals surface area contributed by atoms with Crippen LogP contribution in [0.1, 0.15) is 24.2 Å². The zero-order valence-electron chi connectivity index (χ0n) is 11.8. The Morgan fingerprint density at radius 2 is 1.85 bits per heavy atom. The SMILES string of the molecule is CC1COc2ccc(C(=O)C(C)S(C)(=O)=O)cc2OC1. The number of sulfone groups is 1. The topological polar surface area (TPSA) is 69.7 Å². The molecule has 0 aromatic heterocycles. The van der Waals surface area contributed by atoms with Crippen LogP contribution in [0.25, 0.3) is 0 Å². The average molecular weight is 298 g/mol. The van der Waals surface area contributed by atoms with E-state index in [4.69, 9.17) is 9.47 Å². The zero-order chi connectivity index (χ0) is 14.9. The number of benzene rings is 1. The first kappa shape index (κ1) is 14.8. The number of hydrogen-bond acceptors (Lipinski definition) is 5. The molecule has 0 amide bonds. The van der Waals surface area contributed by atoms with Crippen LogP contribution < -0.4 is 9.47 Å². The molecule has 0 fully saturated rings. The van der Waals surface area contributed by atoms with Crippen molar-refractivity contribution >= 4 is 15.6 Å². The average Bonchev–Trinajstić information content (AvgIpc) is 2.58. The molecule has 1 aromatic carbocycles. The fourth-order valence-corrected chi connectivity index (χ4v) is 2.36. The first-order valence-corrected chi connectivity index (χ1v) is 8.37.